The Morgan fingerprint density at radius 3 is 2.69 bits per heavy atom. The highest BCUT2D eigenvalue weighted by molar-refractivity contribution is 6.30. The van der Waals surface area contributed by atoms with E-state index in [0.717, 1.165) is 36.3 Å². The summed E-state index contributed by atoms with van der Waals surface area (Å²) in [5.74, 6) is 1.61. The molecule has 0 spiro atoms. The standard InChI is InChI=1S/C23H23ClN4O/c24-20-10-8-17(9-11-20)15-26-23(29)19-7-4-14-28(16-19)21-12-13-25-22(27-21)18-5-2-1-3-6-18/h1-3,5-6,8-13,19H,4,7,14-16H2,(H,26,29)/t19-/m0/s1. The molecule has 0 unspecified atom stereocenters. The lowest BCUT2D eigenvalue weighted by Crippen LogP contribution is -2.43. The minimum atomic E-state index is -0.0498. The number of piperidine rings is 1. The number of nitrogens with one attached hydrogen (secondary N) is 1. The van der Waals surface area contributed by atoms with Gasteiger partial charge in [-0.3, -0.25) is 4.79 Å². The van der Waals surface area contributed by atoms with Gasteiger partial charge in [-0.15, -0.1) is 0 Å². The maximum Gasteiger partial charge on any atom is 0.225 e. The van der Waals surface area contributed by atoms with Crippen LogP contribution in [-0.4, -0.2) is 29.0 Å². The molecular formula is C23H23ClN4O. The molecule has 148 valence electrons. The average Bonchev–Trinajstić information content (AvgIpc) is 2.79. The lowest BCUT2D eigenvalue weighted by atomic mass is 9.97. The summed E-state index contributed by atoms with van der Waals surface area (Å²) in [6.45, 7) is 2.07. The third kappa shape index (κ3) is 4.93. The number of hydrogen-bond donors (Lipinski definition) is 1. The number of benzene rings is 2. The Morgan fingerprint density at radius 1 is 1.10 bits per heavy atom. The quantitative estimate of drug-likeness (QED) is 0.685. The van der Waals surface area contributed by atoms with Crippen LogP contribution in [-0.2, 0) is 11.3 Å². The van der Waals surface area contributed by atoms with Gasteiger partial charge in [0.05, 0.1) is 5.92 Å². The van der Waals surface area contributed by atoms with Crippen molar-refractivity contribution in [3.05, 3.63) is 77.4 Å². The molecule has 5 nitrogen and oxygen atoms in total. The summed E-state index contributed by atoms with van der Waals surface area (Å²) in [6.07, 6.45) is 3.64. The smallest absolute Gasteiger partial charge is 0.225 e. The highest BCUT2D eigenvalue weighted by Gasteiger charge is 2.26. The fraction of sp³-hybridized carbons (Fsp3) is 0.261. The summed E-state index contributed by atoms with van der Waals surface area (Å²) in [7, 11) is 0. The van der Waals surface area contributed by atoms with Crippen LogP contribution in [0, 0.1) is 5.92 Å². The van der Waals surface area contributed by atoms with Crippen molar-refractivity contribution in [3.8, 4) is 11.4 Å². The van der Waals surface area contributed by atoms with Gasteiger partial charge in [-0.25, -0.2) is 9.97 Å². The number of anilines is 1. The molecule has 0 radical (unpaired) electrons. The summed E-state index contributed by atoms with van der Waals surface area (Å²) in [4.78, 5) is 24.0. The predicted molar refractivity (Wildman–Crippen MR) is 116 cm³/mol. The average molecular weight is 407 g/mol. The van der Waals surface area contributed by atoms with Crippen LogP contribution < -0.4 is 10.2 Å². The van der Waals surface area contributed by atoms with Crippen molar-refractivity contribution in [2.75, 3.05) is 18.0 Å². The highest BCUT2D eigenvalue weighted by atomic mass is 35.5. The monoisotopic (exact) mass is 406 g/mol. The maximum absolute atomic E-state index is 12.7. The van der Waals surface area contributed by atoms with Gasteiger partial charge in [0.2, 0.25) is 5.91 Å². The first-order chi connectivity index (χ1) is 14.2. The van der Waals surface area contributed by atoms with E-state index in [2.05, 4.69) is 15.2 Å². The van der Waals surface area contributed by atoms with Crippen LogP contribution in [0.3, 0.4) is 0 Å². The Balaban J connectivity index is 1.40. The van der Waals surface area contributed by atoms with Crippen LogP contribution in [0.4, 0.5) is 5.82 Å². The molecule has 2 heterocycles. The number of aromatic nitrogens is 2. The van der Waals surface area contributed by atoms with Gasteiger partial charge >= 0.3 is 0 Å². The lowest BCUT2D eigenvalue weighted by molar-refractivity contribution is -0.125. The number of halogens is 1. The van der Waals surface area contributed by atoms with Gasteiger partial charge in [0.1, 0.15) is 5.82 Å². The van der Waals surface area contributed by atoms with E-state index in [9.17, 15) is 4.79 Å². The summed E-state index contributed by atoms with van der Waals surface area (Å²) in [5.41, 5.74) is 2.03. The number of carbonyl (C=O) groups is 1. The molecule has 1 atom stereocenters. The highest BCUT2D eigenvalue weighted by Crippen LogP contribution is 2.24. The van der Waals surface area contributed by atoms with E-state index in [0.29, 0.717) is 23.9 Å². The van der Waals surface area contributed by atoms with Crippen molar-refractivity contribution < 1.29 is 4.79 Å². The first-order valence-corrected chi connectivity index (χ1v) is 10.2. The van der Waals surface area contributed by atoms with Gasteiger partial charge in [0, 0.05) is 36.4 Å². The van der Waals surface area contributed by atoms with Gasteiger partial charge in [0.15, 0.2) is 5.82 Å². The second kappa shape index (κ2) is 9.05. The van der Waals surface area contributed by atoms with Gasteiger partial charge in [0.25, 0.3) is 0 Å². The molecule has 1 saturated heterocycles. The summed E-state index contributed by atoms with van der Waals surface area (Å²) in [5, 5.41) is 3.75. The molecular weight excluding hydrogens is 384 g/mol. The van der Waals surface area contributed by atoms with Crippen LogP contribution in [0.25, 0.3) is 11.4 Å². The molecule has 3 aromatic rings. The first-order valence-electron chi connectivity index (χ1n) is 9.84. The van der Waals surface area contributed by atoms with E-state index < -0.39 is 0 Å². The molecule has 1 aromatic heterocycles. The van der Waals surface area contributed by atoms with Gasteiger partial charge in [-0.2, -0.15) is 0 Å². The molecule has 2 aromatic carbocycles. The molecule has 6 heteroatoms. The Kier molecular flexibility index (Phi) is 6.06. The number of rotatable bonds is 5. The minimum absolute atomic E-state index is 0.0498. The molecule has 4 rings (SSSR count). The first kappa shape index (κ1) is 19.4. The van der Waals surface area contributed by atoms with Crippen molar-refractivity contribution >= 4 is 23.3 Å². The van der Waals surface area contributed by atoms with E-state index in [1.165, 1.54) is 0 Å². The van der Waals surface area contributed by atoms with Crippen molar-refractivity contribution in [1.29, 1.82) is 0 Å². The Hall–Kier alpha value is -2.92. The lowest BCUT2D eigenvalue weighted by Gasteiger charge is -2.33. The second-order valence-corrected chi connectivity index (χ2v) is 7.67. The molecule has 1 aliphatic rings. The fourth-order valence-electron chi connectivity index (χ4n) is 3.59. The van der Waals surface area contributed by atoms with E-state index in [4.69, 9.17) is 16.6 Å². The molecule has 0 aliphatic carbocycles. The van der Waals surface area contributed by atoms with Crippen LogP contribution in [0.5, 0.6) is 0 Å². The van der Waals surface area contributed by atoms with E-state index in [-0.39, 0.29) is 11.8 Å². The summed E-state index contributed by atoms with van der Waals surface area (Å²) in [6, 6.07) is 19.4. The third-order valence-electron chi connectivity index (χ3n) is 5.17. The van der Waals surface area contributed by atoms with Gasteiger partial charge < -0.3 is 10.2 Å². The van der Waals surface area contributed by atoms with Crippen molar-refractivity contribution in [2.45, 2.75) is 19.4 Å². The molecule has 0 bridgehead atoms. The van der Waals surface area contributed by atoms with E-state index in [1.807, 2.05) is 60.7 Å². The van der Waals surface area contributed by atoms with Gasteiger partial charge in [-0.05, 0) is 36.6 Å². The molecule has 1 amide bonds. The zero-order valence-corrected chi connectivity index (χ0v) is 16.8. The Labute approximate surface area is 175 Å². The van der Waals surface area contributed by atoms with Crippen LogP contribution >= 0.6 is 11.6 Å². The SMILES string of the molecule is O=C(NCc1ccc(Cl)cc1)[C@H]1CCCN(c2ccnc(-c3ccccc3)n2)C1. The van der Waals surface area contributed by atoms with E-state index in [1.54, 1.807) is 6.20 Å². The van der Waals surface area contributed by atoms with Crippen molar-refractivity contribution in [1.82, 2.24) is 15.3 Å². The topological polar surface area (TPSA) is 58.1 Å². The molecule has 1 N–H and O–H groups in total. The van der Waals surface area contributed by atoms with Crippen LogP contribution in [0.2, 0.25) is 5.02 Å². The summed E-state index contributed by atoms with van der Waals surface area (Å²) >= 11 is 5.92. The largest absolute Gasteiger partial charge is 0.356 e. The zero-order chi connectivity index (χ0) is 20.1. The third-order valence-corrected chi connectivity index (χ3v) is 5.42. The maximum atomic E-state index is 12.7. The zero-order valence-electron chi connectivity index (χ0n) is 16.1. The fourth-order valence-corrected chi connectivity index (χ4v) is 3.71. The number of nitrogens with zero attached hydrogens (tertiary/aromatic N) is 3. The number of carbonyl (C=O) groups excluding carboxylic acids is 1. The van der Waals surface area contributed by atoms with Crippen LogP contribution in [0.15, 0.2) is 66.9 Å². The second-order valence-electron chi connectivity index (χ2n) is 7.23. The predicted octanol–water partition coefficient (Wildman–Crippen LogP) is 4.33. The van der Waals surface area contributed by atoms with Crippen LogP contribution in [0.1, 0.15) is 18.4 Å². The Morgan fingerprint density at radius 2 is 1.90 bits per heavy atom. The number of amides is 1. The van der Waals surface area contributed by atoms with Gasteiger partial charge in [-0.1, -0.05) is 54.1 Å². The molecule has 29 heavy (non-hydrogen) atoms. The minimum Gasteiger partial charge on any atom is -0.356 e. The van der Waals surface area contributed by atoms with E-state index >= 15 is 0 Å². The Bertz CT molecular complexity index is 962. The summed E-state index contributed by atoms with van der Waals surface area (Å²) < 4.78 is 0. The number of hydrogen-bond acceptors (Lipinski definition) is 4. The molecule has 0 saturated carbocycles. The van der Waals surface area contributed by atoms with Crippen molar-refractivity contribution in [3.63, 3.8) is 0 Å². The normalized spacial score (nSPS) is 16.4. The molecule has 1 fully saturated rings. The molecule has 1 aliphatic heterocycles. The van der Waals surface area contributed by atoms with Crippen molar-refractivity contribution in [2.24, 2.45) is 5.92 Å².